The van der Waals surface area contributed by atoms with Crippen molar-refractivity contribution in [3.63, 3.8) is 0 Å². The Morgan fingerprint density at radius 2 is 1.95 bits per heavy atom. The molecule has 108 valence electrons. The van der Waals surface area contributed by atoms with Crippen molar-refractivity contribution >= 4 is 17.3 Å². The van der Waals surface area contributed by atoms with E-state index in [4.69, 9.17) is 17.3 Å². The molecule has 0 aromatic heterocycles. The summed E-state index contributed by atoms with van der Waals surface area (Å²) in [6.45, 7) is 9.78. The zero-order valence-electron chi connectivity index (χ0n) is 12.8. The molecule has 0 spiro atoms. The van der Waals surface area contributed by atoms with Crippen LogP contribution in [0.4, 0.5) is 5.69 Å². The Balaban J connectivity index is 3.03. The molecule has 1 rings (SSSR count). The molecule has 0 bridgehead atoms. The van der Waals surface area contributed by atoms with Gasteiger partial charge in [0.15, 0.2) is 0 Å². The molecule has 0 heterocycles. The molecule has 3 heteroatoms. The summed E-state index contributed by atoms with van der Waals surface area (Å²) in [6.07, 6.45) is 1.86. The average Bonchev–Trinajstić information content (AvgIpc) is 2.26. The smallest absolute Gasteiger partial charge is 0.0642 e. The fourth-order valence-electron chi connectivity index (χ4n) is 2.37. The van der Waals surface area contributed by atoms with Crippen molar-refractivity contribution in [2.24, 2.45) is 11.1 Å². The predicted octanol–water partition coefficient (Wildman–Crippen LogP) is 4.10. The predicted molar refractivity (Wildman–Crippen MR) is 86.1 cm³/mol. The minimum absolute atomic E-state index is 0.195. The zero-order chi connectivity index (χ0) is 14.6. The third kappa shape index (κ3) is 5.04. The Kier molecular flexibility index (Phi) is 5.69. The van der Waals surface area contributed by atoms with Crippen LogP contribution in [-0.2, 0) is 6.42 Å². The van der Waals surface area contributed by atoms with Crippen molar-refractivity contribution in [2.45, 2.75) is 46.6 Å². The van der Waals surface area contributed by atoms with E-state index in [1.807, 2.05) is 12.1 Å². The number of hydrogen-bond acceptors (Lipinski definition) is 2. The first-order valence-corrected chi connectivity index (χ1v) is 7.36. The first-order valence-electron chi connectivity index (χ1n) is 6.98. The lowest BCUT2D eigenvalue weighted by Crippen LogP contribution is -2.31. The zero-order valence-corrected chi connectivity index (χ0v) is 13.6. The first kappa shape index (κ1) is 16.3. The van der Waals surface area contributed by atoms with Gasteiger partial charge in [0.05, 0.1) is 10.7 Å². The van der Waals surface area contributed by atoms with Gasteiger partial charge >= 0.3 is 0 Å². The minimum atomic E-state index is 0.195. The monoisotopic (exact) mass is 282 g/mol. The van der Waals surface area contributed by atoms with Gasteiger partial charge in [0.1, 0.15) is 0 Å². The van der Waals surface area contributed by atoms with Crippen LogP contribution in [0.15, 0.2) is 18.2 Å². The van der Waals surface area contributed by atoms with Crippen LogP contribution >= 0.6 is 11.6 Å². The van der Waals surface area contributed by atoms with Crippen molar-refractivity contribution in [1.29, 1.82) is 0 Å². The SMILES string of the molecule is CCC(N)Cc1cccc(Cl)c1N(C)CC(C)(C)C. The van der Waals surface area contributed by atoms with Crippen molar-refractivity contribution < 1.29 is 0 Å². The molecule has 0 aliphatic carbocycles. The van der Waals surface area contributed by atoms with Crippen LogP contribution in [0.5, 0.6) is 0 Å². The highest BCUT2D eigenvalue weighted by molar-refractivity contribution is 6.33. The van der Waals surface area contributed by atoms with Crippen LogP contribution < -0.4 is 10.6 Å². The standard InChI is InChI=1S/C16H27ClN2/c1-6-13(18)10-12-8-7-9-14(17)15(12)19(5)11-16(2,3)4/h7-9,13H,6,10-11,18H2,1-5H3. The van der Waals surface area contributed by atoms with Gasteiger partial charge in [-0.15, -0.1) is 0 Å². The Bertz CT molecular complexity index is 410. The summed E-state index contributed by atoms with van der Waals surface area (Å²) < 4.78 is 0. The Morgan fingerprint density at radius 1 is 1.32 bits per heavy atom. The van der Waals surface area contributed by atoms with Crippen molar-refractivity contribution in [1.82, 2.24) is 0 Å². The van der Waals surface area contributed by atoms with Crippen molar-refractivity contribution in [3.8, 4) is 0 Å². The molecule has 2 nitrogen and oxygen atoms in total. The second kappa shape index (κ2) is 6.62. The number of para-hydroxylation sites is 1. The second-order valence-electron chi connectivity index (χ2n) is 6.54. The first-order chi connectivity index (χ1) is 8.74. The minimum Gasteiger partial charge on any atom is -0.373 e. The van der Waals surface area contributed by atoms with E-state index >= 15 is 0 Å². The lowest BCUT2D eigenvalue weighted by molar-refractivity contribution is 0.418. The molecule has 0 aliphatic rings. The van der Waals surface area contributed by atoms with Crippen molar-refractivity contribution in [3.05, 3.63) is 28.8 Å². The molecule has 0 saturated heterocycles. The molecule has 2 N–H and O–H groups in total. The Hall–Kier alpha value is -0.730. The van der Waals surface area contributed by atoms with E-state index in [1.54, 1.807) is 0 Å². The molecule has 0 radical (unpaired) electrons. The van der Waals surface area contributed by atoms with E-state index in [2.05, 4.69) is 45.7 Å². The topological polar surface area (TPSA) is 29.3 Å². The van der Waals surface area contributed by atoms with Gasteiger partial charge in [0.25, 0.3) is 0 Å². The summed E-state index contributed by atoms with van der Waals surface area (Å²) >= 11 is 6.40. The number of halogens is 1. The molecule has 1 atom stereocenters. The largest absolute Gasteiger partial charge is 0.373 e. The van der Waals surface area contributed by atoms with Gasteiger partial charge in [-0.2, -0.15) is 0 Å². The lowest BCUT2D eigenvalue weighted by atomic mass is 9.95. The molecule has 1 aromatic rings. The summed E-state index contributed by atoms with van der Waals surface area (Å²) in [6, 6.07) is 6.29. The second-order valence-corrected chi connectivity index (χ2v) is 6.94. The highest BCUT2D eigenvalue weighted by Crippen LogP contribution is 2.32. The van der Waals surface area contributed by atoms with Gasteiger partial charge in [-0.3, -0.25) is 0 Å². The highest BCUT2D eigenvalue weighted by atomic mass is 35.5. The van der Waals surface area contributed by atoms with Gasteiger partial charge in [-0.05, 0) is 29.9 Å². The van der Waals surface area contributed by atoms with Gasteiger partial charge in [-0.1, -0.05) is 51.4 Å². The third-order valence-corrected chi connectivity index (χ3v) is 3.48. The van der Waals surface area contributed by atoms with Gasteiger partial charge in [-0.25, -0.2) is 0 Å². The third-order valence-electron chi connectivity index (χ3n) is 3.17. The summed E-state index contributed by atoms with van der Waals surface area (Å²) in [4.78, 5) is 2.25. The molecule has 0 aliphatic heterocycles. The quantitative estimate of drug-likeness (QED) is 0.881. The molecular weight excluding hydrogens is 256 g/mol. The Labute approximate surface area is 122 Å². The lowest BCUT2D eigenvalue weighted by Gasteiger charge is -2.31. The van der Waals surface area contributed by atoms with E-state index < -0.39 is 0 Å². The van der Waals surface area contributed by atoms with Crippen LogP contribution in [-0.4, -0.2) is 19.6 Å². The number of anilines is 1. The molecule has 0 fully saturated rings. The highest BCUT2D eigenvalue weighted by Gasteiger charge is 2.18. The molecular formula is C16H27ClN2. The summed E-state index contributed by atoms with van der Waals surface area (Å²) in [5.74, 6) is 0. The van der Waals surface area contributed by atoms with E-state index in [0.717, 1.165) is 30.1 Å². The maximum absolute atomic E-state index is 6.40. The number of benzene rings is 1. The van der Waals surface area contributed by atoms with E-state index in [9.17, 15) is 0 Å². The normalized spacial score (nSPS) is 13.4. The van der Waals surface area contributed by atoms with Crippen molar-refractivity contribution in [2.75, 3.05) is 18.5 Å². The van der Waals surface area contributed by atoms with E-state index in [1.165, 1.54) is 5.56 Å². The molecule has 1 unspecified atom stereocenters. The average molecular weight is 283 g/mol. The van der Waals surface area contributed by atoms with Crippen LogP contribution in [0.1, 0.15) is 39.7 Å². The molecule has 19 heavy (non-hydrogen) atoms. The van der Waals surface area contributed by atoms with Gasteiger partial charge in [0, 0.05) is 19.6 Å². The summed E-state index contributed by atoms with van der Waals surface area (Å²) in [5, 5.41) is 0.813. The summed E-state index contributed by atoms with van der Waals surface area (Å²) in [7, 11) is 2.10. The van der Waals surface area contributed by atoms with Crippen LogP contribution in [0.25, 0.3) is 0 Å². The van der Waals surface area contributed by atoms with Crippen LogP contribution in [0, 0.1) is 5.41 Å². The number of hydrogen-bond donors (Lipinski definition) is 1. The molecule has 1 aromatic carbocycles. The number of rotatable bonds is 5. The van der Waals surface area contributed by atoms with E-state index in [0.29, 0.717) is 0 Å². The maximum atomic E-state index is 6.40. The summed E-state index contributed by atoms with van der Waals surface area (Å²) in [5.41, 5.74) is 8.70. The van der Waals surface area contributed by atoms with Gasteiger partial charge in [0.2, 0.25) is 0 Å². The van der Waals surface area contributed by atoms with Crippen LogP contribution in [0.3, 0.4) is 0 Å². The fourth-order valence-corrected chi connectivity index (χ4v) is 2.71. The number of nitrogens with two attached hydrogens (primary N) is 1. The van der Waals surface area contributed by atoms with E-state index in [-0.39, 0.29) is 11.5 Å². The Morgan fingerprint density at radius 3 is 2.47 bits per heavy atom. The molecule has 0 amide bonds. The molecule has 0 saturated carbocycles. The van der Waals surface area contributed by atoms with Crippen LogP contribution in [0.2, 0.25) is 5.02 Å². The maximum Gasteiger partial charge on any atom is 0.0642 e. The number of nitrogens with zero attached hydrogens (tertiary/aromatic N) is 1. The fraction of sp³-hybridized carbons (Fsp3) is 0.625. The van der Waals surface area contributed by atoms with Gasteiger partial charge < -0.3 is 10.6 Å².